The summed E-state index contributed by atoms with van der Waals surface area (Å²) < 4.78 is 32.9. The van der Waals surface area contributed by atoms with E-state index in [1.165, 1.54) is 14.0 Å². The van der Waals surface area contributed by atoms with Gasteiger partial charge in [-0.1, -0.05) is 0 Å². The molecule has 2 atom stereocenters. The van der Waals surface area contributed by atoms with Crippen LogP contribution in [0.15, 0.2) is 0 Å². The van der Waals surface area contributed by atoms with Gasteiger partial charge in [0.25, 0.3) is 0 Å². The molecule has 70 valence electrons. The van der Waals surface area contributed by atoms with Crippen molar-refractivity contribution in [1.82, 2.24) is 4.90 Å². The van der Waals surface area contributed by atoms with Gasteiger partial charge in [-0.05, 0) is 6.92 Å². The van der Waals surface area contributed by atoms with Crippen LogP contribution in [0, 0.1) is 5.92 Å². The second kappa shape index (κ2) is 2.68. The predicted octanol–water partition coefficient (Wildman–Crippen LogP) is -0.760. The summed E-state index contributed by atoms with van der Waals surface area (Å²) >= 11 is 0. The van der Waals surface area contributed by atoms with Crippen LogP contribution in [0.25, 0.3) is 0 Å². The van der Waals surface area contributed by atoms with Gasteiger partial charge in [-0.15, -0.1) is 0 Å². The number of carbonyl (C=O) groups excluding carboxylic acids is 1. The topological polar surface area (TPSA) is 83.9 Å². The Hall–Kier alpha value is -0.660. The van der Waals surface area contributed by atoms with E-state index in [1.807, 2.05) is 0 Å². The van der Waals surface area contributed by atoms with Crippen molar-refractivity contribution in [3.8, 4) is 0 Å². The average molecular weight is 195 g/mol. The first-order valence-electron chi connectivity index (χ1n) is 3.25. The maximum atomic E-state index is 10.8. The Morgan fingerprint density at radius 1 is 1.58 bits per heavy atom. The van der Waals surface area contributed by atoms with E-state index in [1.54, 1.807) is 0 Å². The van der Waals surface area contributed by atoms with Crippen molar-refractivity contribution in [2.45, 2.75) is 13.2 Å². The summed E-state index contributed by atoms with van der Waals surface area (Å²) in [5.41, 5.74) is 0. The molecule has 0 spiro atoms. The van der Waals surface area contributed by atoms with Gasteiger partial charge in [0, 0.05) is 7.05 Å². The Bertz CT molecular complexity index is 285. The van der Waals surface area contributed by atoms with Gasteiger partial charge in [0.2, 0.25) is 5.91 Å². The first-order chi connectivity index (χ1) is 5.33. The summed E-state index contributed by atoms with van der Waals surface area (Å²) in [6, 6.07) is 0. The largest absolute Gasteiger partial charge is 0.399 e. The number of amides is 1. The molecule has 1 heterocycles. The highest BCUT2D eigenvalue weighted by molar-refractivity contribution is 7.80. The van der Waals surface area contributed by atoms with Crippen LogP contribution in [0.3, 0.4) is 0 Å². The predicted molar refractivity (Wildman–Crippen MR) is 38.4 cm³/mol. The van der Waals surface area contributed by atoms with Gasteiger partial charge in [0.15, 0.2) is 6.23 Å². The highest BCUT2D eigenvalue weighted by Crippen LogP contribution is 2.25. The summed E-state index contributed by atoms with van der Waals surface area (Å²) in [6.07, 6.45) is -0.868. The summed E-state index contributed by atoms with van der Waals surface area (Å²) in [7, 11) is -3.07. The number of likely N-dealkylation sites (tertiary alicyclic amines) is 1. The molecule has 1 aliphatic rings. The Labute approximate surface area is 70.1 Å². The minimum Gasteiger partial charge on any atom is -0.318 e. The standard InChI is InChI=1S/C5H9NO5S/c1-3-4(7)6(2)5(3)11-12(8,9)10/h3,5H,1-2H3,(H,8,9,10). The zero-order chi connectivity index (χ0) is 9.52. The lowest BCUT2D eigenvalue weighted by Crippen LogP contribution is -2.59. The van der Waals surface area contributed by atoms with E-state index in [9.17, 15) is 13.2 Å². The molecule has 7 heteroatoms. The van der Waals surface area contributed by atoms with E-state index in [-0.39, 0.29) is 5.91 Å². The van der Waals surface area contributed by atoms with E-state index in [2.05, 4.69) is 4.18 Å². The van der Waals surface area contributed by atoms with Crippen LogP contribution in [0.1, 0.15) is 6.92 Å². The molecule has 0 aromatic carbocycles. The van der Waals surface area contributed by atoms with Gasteiger partial charge in [0.1, 0.15) is 0 Å². The fraction of sp³-hybridized carbons (Fsp3) is 0.800. The average Bonchev–Trinajstić information content (AvgIpc) is 1.96. The molecule has 6 nitrogen and oxygen atoms in total. The first-order valence-corrected chi connectivity index (χ1v) is 4.62. The highest BCUT2D eigenvalue weighted by Gasteiger charge is 2.45. The Balaban J connectivity index is 2.63. The Morgan fingerprint density at radius 2 is 2.08 bits per heavy atom. The van der Waals surface area contributed by atoms with Crippen molar-refractivity contribution in [1.29, 1.82) is 0 Å². The molecular formula is C5H9NO5S. The SMILES string of the molecule is CC1C(=O)N(C)C1OS(=O)(=O)O. The minimum absolute atomic E-state index is 0.205. The molecule has 1 saturated heterocycles. The van der Waals surface area contributed by atoms with Gasteiger partial charge in [-0.2, -0.15) is 8.42 Å². The number of hydrogen-bond donors (Lipinski definition) is 1. The van der Waals surface area contributed by atoms with Crippen LogP contribution < -0.4 is 0 Å². The molecule has 0 aliphatic carbocycles. The molecule has 1 N–H and O–H groups in total. The van der Waals surface area contributed by atoms with Crippen LogP contribution >= 0.6 is 0 Å². The maximum Gasteiger partial charge on any atom is 0.399 e. The normalized spacial score (nSPS) is 30.2. The number of carbonyl (C=O) groups is 1. The third kappa shape index (κ3) is 1.57. The van der Waals surface area contributed by atoms with Gasteiger partial charge in [-0.3, -0.25) is 9.35 Å². The lowest BCUT2D eigenvalue weighted by Gasteiger charge is -2.40. The van der Waals surface area contributed by atoms with Crippen LogP contribution in [-0.2, 0) is 19.4 Å². The van der Waals surface area contributed by atoms with Crippen molar-refractivity contribution in [3.05, 3.63) is 0 Å². The van der Waals surface area contributed by atoms with Crippen molar-refractivity contribution < 1.29 is 21.9 Å². The Morgan fingerprint density at radius 3 is 2.42 bits per heavy atom. The molecule has 1 fully saturated rings. The molecule has 0 bridgehead atoms. The first kappa shape index (κ1) is 9.43. The van der Waals surface area contributed by atoms with Crippen molar-refractivity contribution in [2.75, 3.05) is 7.05 Å². The lowest BCUT2D eigenvalue weighted by atomic mass is 10.00. The number of hydrogen-bond acceptors (Lipinski definition) is 4. The van der Waals surface area contributed by atoms with Crippen molar-refractivity contribution in [2.24, 2.45) is 5.92 Å². The zero-order valence-corrected chi connectivity index (χ0v) is 7.41. The second-order valence-corrected chi connectivity index (χ2v) is 3.70. The minimum atomic E-state index is -4.47. The molecule has 1 rings (SSSR count). The molecule has 0 aromatic rings. The van der Waals surface area contributed by atoms with Crippen molar-refractivity contribution in [3.63, 3.8) is 0 Å². The molecule has 1 amide bonds. The third-order valence-electron chi connectivity index (χ3n) is 1.77. The second-order valence-electron chi connectivity index (χ2n) is 2.65. The van der Waals surface area contributed by atoms with Crippen LogP contribution in [-0.4, -0.2) is 37.1 Å². The molecule has 2 unspecified atom stereocenters. The fourth-order valence-corrected chi connectivity index (χ4v) is 1.64. The van der Waals surface area contributed by atoms with E-state index in [0.717, 1.165) is 4.90 Å². The highest BCUT2D eigenvalue weighted by atomic mass is 32.3. The van der Waals surface area contributed by atoms with Gasteiger partial charge in [-0.25, -0.2) is 4.18 Å². The Kier molecular flexibility index (Phi) is 2.11. The van der Waals surface area contributed by atoms with Crippen LogP contribution in [0.2, 0.25) is 0 Å². The summed E-state index contributed by atoms with van der Waals surface area (Å²) in [6.45, 7) is 1.53. The summed E-state index contributed by atoms with van der Waals surface area (Å²) in [4.78, 5) is 11.9. The molecule has 0 radical (unpaired) electrons. The van der Waals surface area contributed by atoms with E-state index in [0.29, 0.717) is 0 Å². The van der Waals surface area contributed by atoms with E-state index < -0.39 is 22.5 Å². The zero-order valence-electron chi connectivity index (χ0n) is 6.59. The number of rotatable bonds is 2. The van der Waals surface area contributed by atoms with Gasteiger partial charge < -0.3 is 4.90 Å². The molecule has 1 aliphatic heterocycles. The monoisotopic (exact) mass is 195 g/mol. The van der Waals surface area contributed by atoms with E-state index in [4.69, 9.17) is 4.55 Å². The number of nitrogens with zero attached hydrogens (tertiary/aromatic N) is 1. The number of β-lactam (4-membered cyclic amide) rings is 1. The molecule has 12 heavy (non-hydrogen) atoms. The smallest absolute Gasteiger partial charge is 0.318 e. The van der Waals surface area contributed by atoms with Crippen LogP contribution in [0.5, 0.6) is 0 Å². The lowest BCUT2D eigenvalue weighted by molar-refractivity contribution is -0.169. The third-order valence-corrected chi connectivity index (χ3v) is 2.21. The fourth-order valence-electron chi connectivity index (χ4n) is 1.09. The maximum absolute atomic E-state index is 10.8. The molecular weight excluding hydrogens is 186 g/mol. The summed E-state index contributed by atoms with van der Waals surface area (Å²) in [5, 5.41) is 0. The van der Waals surface area contributed by atoms with E-state index >= 15 is 0 Å². The quantitative estimate of drug-likeness (QED) is 0.462. The van der Waals surface area contributed by atoms with Gasteiger partial charge in [0.05, 0.1) is 5.92 Å². The van der Waals surface area contributed by atoms with Crippen LogP contribution in [0.4, 0.5) is 0 Å². The summed E-state index contributed by atoms with van der Waals surface area (Å²) in [5.74, 6) is -0.722. The molecule has 0 saturated carbocycles. The molecule has 0 aromatic heterocycles. The van der Waals surface area contributed by atoms with Gasteiger partial charge >= 0.3 is 10.4 Å². The van der Waals surface area contributed by atoms with Crippen molar-refractivity contribution >= 4 is 16.3 Å².